The van der Waals surface area contributed by atoms with Crippen LogP contribution in [0.25, 0.3) is 42.2 Å². The van der Waals surface area contributed by atoms with Gasteiger partial charge in [0, 0.05) is 44.1 Å². The second-order valence-electron chi connectivity index (χ2n) is 6.94. The van der Waals surface area contributed by atoms with Crippen molar-refractivity contribution in [2.24, 2.45) is 0 Å². The first-order valence-electron chi connectivity index (χ1n) is 8.69. The van der Waals surface area contributed by atoms with Crippen molar-refractivity contribution in [3.63, 3.8) is 0 Å². The zero-order valence-corrected chi connectivity index (χ0v) is 15.6. The summed E-state index contributed by atoms with van der Waals surface area (Å²) in [6, 6.07) is 14.4. The van der Waals surface area contributed by atoms with Crippen molar-refractivity contribution in [1.29, 1.82) is 0 Å². The molecule has 0 N–H and O–H groups in total. The molecule has 0 aliphatic heterocycles. The maximum Gasteiger partial charge on any atom is 0.133 e. The first kappa shape index (κ1) is 16.3. The zero-order valence-electron chi connectivity index (χ0n) is 14.8. The van der Waals surface area contributed by atoms with E-state index in [0.29, 0.717) is 10.8 Å². The molecule has 1 nitrogen and oxygen atoms in total. The van der Waals surface area contributed by atoms with Gasteiger partial charge in [0.1, 0.15) is 11.6 Å². The highest BCUT2D eigenvalue weighted by Crippen LogP contribution is 2.42. The summed E-state index contributed by atoms with van der Waals surface area (Å²) < 4.78 is 30.0. The number of hydrogen-bond acceptors (Lipinski definition) is 2. The van der Waals surface area contributed by atoms with Gasteiger partial charge in [-0.05, 0) is 38.1 Å². The highest BCUT2D eigenvalue weighted by Gasteiger charge is 2.15. The van der Waals surface area contributed by atoms with E-state index in [4.69, 9.17) is 0 Å². The third-order valence-electron chi connectivity index (χ3n) is 4.89. The van der Waals surface area contributed by atoms with Crippen LogP contribution >= 0.6 is 11.3 Å². The number of aryl methyl sites for hydroxylation is 2. The fourth-order valence-electron chi connectivity index (χ4n) is 3.83. The van der Waals surface area contributed by atoms with Crippen LogP contribution in [0.2, 0.25) is 0 Å². The predicted molar refractivity (Wildman–Crippen MR) is 109 cm³/mol. The van der Waals surface area contributed by atoms with Gasteiger partial charge < -0.3 is 0 Å². The Hall–Kier alpha value is -2.85. The Labute approximate surface area is 158 Å². The second kappa shape index (κ2) is 5.83. The van der Waals surface area contributed by atoms with E-state index in [1.807, 2.05) is 12.1 Å². The Kier molecular flexibility index (Phi) is 3.52. The van der Waals surface area contributed by atoms with Crippen molar-refractivity contribution < 1.29 is 8.78 Å². The molecule has 3 aromatic carbocycles. The minimum atomic E-state index is -0.558. The Bertz CT molecular complexity index is 1350. The van der Waals surface area contributed by atoms with Gasteiger partial charge in [-0.1, -0.05) is 29.3 Å². The van der Waals surface area contributed by atoms with E-state index in [0.717, 1.165) is 37.5 Å². The van der Waals surface area contributed by atoms with E-state index in [-0.39, 0.29) is 0 Å². The smallest absolute Gasteiger partial charge is 0.133 e. The molecule has 5 aromatic rings. The van der Waals surface area contributed by atoms with E-state index >= 15 is 0 Å². The number of rotatable bonds is 1. The number of halogens is 2. The first-order valence-corrected chi connectivity index (χ1v) is 9.50. The Balaban J connectivity index is 1.91. The van der Waals surface area contributed by atoms with Crippen molar-refractivity contribution in [3.05, 3.63) is 77.5 Å². The van der Waals surface area contributed by atoms with E-state index in [1.165, 1.54) is 17.2 Å². The monoisotopic (exact) mass is 375 g/mol. The van der Waals surface area contributed by atoms with Crippen molar-refractivity contribution in [3.8, 4) is 11.3 Å². The van der Waals surface area contributed by atoms with E-state index in [1.54, 1.807) is 23.6 Å². The molecule has 2 aromatic heterocycles. The molecule has 0 fully saturated rings. The van der Waals surface area contributed by atoms with Crippen LogP contribution in [-0.2, 0) is 0 Å². The number of benzene rings is 3. The predicted octanol–water partition coefficient (Wildman–Crippen LogP) is 7.16. The lowest BCUT2D eigenvalue weighted by Gasteiger charge is -2.05. The maximum absolute atomic E-state index is 14.2. The molecular weight excluding hydrogens is 360 g/mol. The van der Waals surface area contributed by atoms with Crippen LogP contribution in [0.5, 0.6) is 0 Å². The van der Waals surface area contributed by atoms with Crippen molar-refractivity contribution in [2.45, 2.75) is 13.8 Å². The van der Waals surface area contributed by atoms with Crippen molar-refractivity contribution in [1.82, 2.24) is 4.98 Å². The van der Waals surface area contributed by atoms with Gasteiger partial charge in [0.05, 0.1) is 10.4 Å². The lowest BCUT2D eigenvalue weighted by Crippen LogP contribution is -1.86. The number of thiophene rings is 1. The molecule has 0 saturated carbocycles. The lowest BCUT2D eigenvalue weighted by molar-refractivity contribution is 0.592. The lowest BCUT2D eigenvalue weighted by atomic mass is 10.0. The molecule has 0 atom stereocenters. The highest BCUT2D eigenvalue weighted by molar-refractivity contribution is 7.27. The summed E-state index contributed by atoms with van der Waals surface area (Å²) >= 11 is 1.55. The molecule has 0 amide bonds. The molecule has 0 radical (unpaired) electrons. The molecule has 0 aliphatic rings. The van der Waals surface area contributed by atoms with E-state index in [9.17, 15) is 8.78 Å². The summed E-state index contributed by atoms with van der Waals surface area (Å²) in [4.78, 5) is 4.63. The number of fused-ring (bicyclic) bond motifs is 5. The SMILES string of the molecule is Cc1cc(C)cc(-c2nccc3c2sc2c4cc(F)cc(F)c4ccc32)c1. The van der Waals surface area contributed by atoms with Gasteiger partial charge >= 0.3 is 0 Å². The molecule has 5 rings (SSSR count). The minimum absolute atomic E-state index is 0.441. The van der Waals surface area contributed by atoms with Crippen LogP contribution in [0.1, 0.15) is 11.1 Å². The van der Waals surface area contributed by atoms with Gasteiger partial charge in [-0.15, -0.1) is 11.3 Å². The summed E-state index contributed by atoms with van der Waals surface area (Å²) in [5.74, 6) is -1.09. The second-order valence-corrected chi connectivity index (χ2v) is 7.96. The molecule has 4 heteroatoms. The average molecular weight is 375 g/mol. The van der Waals surface area contributed by atoms with Crippen LogP contribution in [0.3, 0.4) is 0 Å². The summed E-state index contributed by atoms with van der Waals surface area (Å²) in [6.45, 7) is 4.14. The van der Waals surface area contributed by atoms with Crippen molar-refractivity contribution >= 4 is 42.3 Å². The third kappa shape index (κ3) is 2.52. The molecule has 0 spiro atoms. The average Bonchev–Trinajstić information content (AvgIpc) is 3.00. The minimum Gasteiger partial charge on any atom is -0.255 e. The Morgan fingerprint density at radius 3 is 2.22 bits per heavy atom. The fraction of sp³-hybridized carbons (Fsp3) is 0.0870. The topological polar surface area (TPSA) is 12.9 Å². The Morgan fingerprint density at radius 1 is 0.741 bits per heavy atom. The first-order chi connectivity index (χ1) is 13.0. The molecule has 132 valence electrons. The molecule has 0 bridgehead atoms. The van der Waals surface area contributed by atoms with Crippen LogP contribution < -0.4 is 0 Å². The van der Waals surface area contributed by atoms with Gasteiger partial charge in [-0.3, -0.25) is 4.98 Å². The summed E-state index contributed by atoms with van der Waals surface area (Å²) in [5, 5.41) is 3.11. The van der Waals surface area contributed by atoms with Crippen LogP contribution in [0.15, 0.2) is 54.7 Å². The number of aromatic nitrogens is 1. The number of pyridine rings is 1. The summed E-state index contributed by atoms with van der Waals surface area (Å²) in [6.07, 6.45) is 1.80. The van der Waals surface area contributed by atoms with Crippen molar-refractivity contribution in [2.75, 3.05) is 0 Å². The van der Waals surface area contributed by atoms with E-state index in [2.05, 4.69) is 37.0 Å². The van der Waals surface area contributed by atoms with Gasteiger partial charge in [0.25, 0.3) is 0 Å². The maximum atomic E-state index is 14.2. The van der Waals surface area contributed by atoms with Gasteiger partial charge in [-0.2, -0.15) is 0 Å². The highest BCUT2D eigenvalue weighted by atomic mass is 32.1. The normalized spacial score (nSPS) is 11.7. The quantitative estimate of drug-likeness (QED) is 0.303. The molecular formula is C23H15F2NS. The summed E-state index contributed by atoms with van der Waals surface area (Å²) in [7, 11) is 0. The van der Waals surface area contributed by atoms with Gasteiger partial charge in [-0.25, -0.2) is 8.78 Å². The molecule has 0 aliphatic carbocycles. The summed E-state index contributed by atoms with van der Waals surface area (Å²) in [5.41, 5.74) is 4.33. The van der Waals surface area contributed by atoms with Gasteiger partial charge in [0.2, 0.25) is 0 Å². The molecule has 27 heavy (non-hydrogen) atoms. The molecule has 2 heterocycles. The largest absolute Gasteiger partial charge is 0.255 e. The number of hydrogen-bond donors (Lipinski definition) is 0. The van der Waals surface area contributed by atoms with Gasteiger partial charge in [0.15, 0.2) is 0 Å². The number of nitrogens with zero attached hydrogens (tertiary/aromatic N) is 1. The molecule has 0 saturated heterocycles. The standard InChI is InChI=1S/C23H15F2NS/c1-12-7-13(2)9-14(8-12)21-23-18(5-6-26-21)17-4-3-16-19(22(17)27-23)10-15(24)11-20(16)25/h3-11H,1-2H3. The third-order valence-corrected chi connectivity index (χ3v) is 6.16. The van der Waals surface area contributed by atoms with E-state index < -0.39 is 11.6 Å². The molecule has 0 unspecified atom stereocenters. The van der Waals surface area contributed by atoms with Crippen LogP contribution in [-0.4, -0.2) is 4.98 Å². The zero-order chi connectivity index (χ0) is 18.7. The van der Waals surface area contributed by atoms with Crippen LogP contribution in [0, 0.1) is 25.5 Å². The fourth-order valence-corrected chi connectivity index (χ4v) is 5.16. The Morgan fingerprint density at radius 2 is 1.44 bits per heavy atom. The van der Waals surface area contributed by atoms with Crippen LogP contribution in [0.4, 0.5) is 8.78 Å².